The number of hydrogen-bond donors (Lipinski definition) is 2. The molecule has 1 aliphatic rings. The number of carbonyl (C=O) groups excluding carboxylic acids is 1. The summed E-state index contributed by atoms with van der Waals surface area (Å²) < 4.78 is 18.8. The zero-order valence-corrected chi connectivity index (χ0v) is 15.9. The zero-order valence-electron chi connectivity index (χ0n) is 15.9. The molecule has 2 heterocycles. The lowest BCUT2D eigenvalue weighted by atomic mass is 9.93. The maximum Gasteiger partial charge on any atom is 0.229 e. The van der Waals surface area contributed by atoms with Crippen molar-refractivity contribution in [3.05, 3.63) is 47.4 Å². The summed E-state index contributed by atoms with van der Waals surface area (Å²) in [6.45, 7) is 7.38. The minimum Gasteiger partial charge on any atom is -0.339 e. The van der Waals surface area contributed by atoms with E-state index in [2.05, 4.69) is 34.8 Å². The average Bonchev–Trinajstić information content (AvgIpc) is 3.28. The van der Waals surface area contributed by atoms with Crippen molar-refractivity contribution in [1.29, 1.82) is 0 Å². The molecule has 0 aliphatic carbocycles. The van der Waals surface area contributed by atoms with Crippen LogP contribution < -0.4 is 10.9 Å². The van der Waals surface area contributed by atoms with Gasteiger partial charge in [-0.3, -0.25) is 10.2 Å². The summed E-state index contributed by atoms with van der Waals surface area (Å²) in [5, 5.41) is 3.99. The summed E-state index contributed by atoms with van der Waals surface area (Å²) in [6.07, 6.45) is 0.713. The molecule has 2 aromatic rings. The van der Waals surface area contributed by atoms with E-state index in [4.69, 9.17) is 4.52 Å². The Hall–Kier alpha value is -2.32. The fraction of sp³-hybridized carbons (Fsp3) is 0.526. The molecule has 2 atom stereocenters. The van der Waals surface area contributed by atoms with Crippen LogP contribution in [0, 0.1) is 17.7 Å². The predicted octanol–water partition coefficient (Wildman–Crippen LogP) is 2.22. The molecule has 0 spiro atoms. The van der Waals surface area contributed by atoms with E-state index in [1.54, 1.807) is 11.0 Å². The Morgan fingerprint density at radius 2 is 2.26 bits per heavy atom. The molecular weight excluding hydrogens is 349 g/mol. The van der Waals surface area contributed by atoms with Gasteiger partial charge in [0.25, 0.3) is 0 Å². The first-order valence-electron chi connectivity index (χ1n) is 9.32. The van der Waals surface area contributed by atoms with Crippen LogP contribution in [-0.2, 0) is 17.8 Å². The first-order chi connectivity index (χ1) is 13.0. The van der Waals surface area contributed by atoms with Crippen molar-refractivity contribution < 1.29 is 13.7 Å². The van der Waals surface area contributed by atoms with E-state index < -0.39 is 0 Å². The molecular formula is C19H26FN5O2. The van der Waals surface area contributed by atoms with Gasteiger partial charge in [-0.15, -0.1) is 0 Å². The lowest BCUT2D eigenvalue weighted by molar-refractivity contribution is -0.136. The number of amides is 1. The van der Waals surface area contributed by atoms with E-state index in [1.165, 1.54) is 12.1 Å². The molecule has 8 heteroatoms. The molecule has 0 saturated carbocycles. The number of hydrazine groups is 1. The number of halogens is 1. The van der Waals surface area contributed by atoms with Gasteiger partial charge in [-0.1, -0.05) is 31.1 Å². The first kappa shape index (κ1) is 19.4. The molecule has 2 N–H and O–H groups in total. The van der Waals surface area contributed by atoms with Crippen LogP contribution in [0.2, 0.25) is 0 Å². The molecule has 27 heavy (non-hydrogen) atoms. The molecule has 146 valence electrons. The molecule has 1 aliphatic heterocycles. The molecule has 7 nitrogen and oxygen atoms in total. The number of aromatic nitrogens is 2. The van der Waals surface area contributed by atoms with Crippen LogP contribution in [0.4, 0.5) is 4.39 Å². The van der Waals surface area contributed by atoms with E-state index in [1.807, 2.05) is 13.0 Å². The van der Waals surface area contributed by atoms with Gasteiger partial charge in [0.2, 0.25) is 11.8 Å². The smallest absolute Gasteiger partial charge is 0.229 e. The van der Waals surface area contributed by atoms with E-state index in [0.29, 0.717) is 43.7 Å². The third kappa shape index (κ3) is 4.70. The summed E-state index contributed by atoms with van der Waals surface area (Å²) in [5.41, 5.74) is 6.85. The quantitative estimate of drug-likeness (QED) is 0.772. The molecule has 1 fully saturated rings. The lowest BCUT2D eigenvalue weighted by Gasteiger charge is -2.25. The fourth-order valence-electron chi connectivity index (χ4n) is 3.28. The maximum absolute atomic E-state index is 13.6. The Bertz CT molecular complexity index is 779. The van der Waals surface area contributed by atoms with Crippen LogP contribution in [0.1, 0.15) is 44.1 Å². The van der Waals surface area contributed by atoms with Gasteiger partial charge >= 0.3 is 0 Å². The standard InChI is InChI=1S/C19H26FN5O2/c1-4-25(11-16-22-17(27-24-16)8-12(2)3)19(26)15-10-21-23-18(15)13-6-5-7-14(20)9-13/h5-7,9,12,15,18,21,23H,4,8,10-11H2,1-3H3. The van der Waals surface area contributed by atoms with Crippen molar-refractivity contribution in [2.75, 3.05) is 13.1 Å². The third-order valence-electron chi connectivity index (χ3n) is 4.63. The normalized spacial score (nSPS) is 19.6. The second-order valence-electron chi connectivity index (χ2n) is 7.22. The average molecular weight is 375 g/mol. The summed E-state index contributed by atoms with van der Waals surface area (Å²) >= 11 is 0. The minimum atomic E-state index is -0.339. The Balaban J connectivity index is 1.71. The molecule has 1 aromatic carbocycles. The molecule has 0 bridgehead atoms. The highest BCUT2D eigenvalue weighted by Crippen LogP contribution is 2.27. The summed E-state index contributed by atoms with van der Waals surface area (Å²) in [6, 6.07) is 6.04. The van der Waals surface area contributed by atoms with E-state index >= 15 is 0 Å². The largest absolute Gasteiger partial charge is 0.339 e. The predicted molar refractivity (Wildman–Crippen MR) is 97.7 cm³/mol. The van der Waals surface area contributed by atoms with Gasteiger partial charge < -0.3 is 9.42 Å². The molecule has 1 saturated heterocycles. The molecule has 1 aromatic heterocycles. The highest BCUT2D eigenvalue weighted by Gasteiger charge is 2.36. The Morgan fingerprint density at radius 3 is 2.96 bits per heavy atom. The summed E-state index contributed by atoms with van der Waals surface area (Å²) in [7, 11) is 0. The van der Waals surface area contributed by atoms with Crippen molar-refractivity contribution in [1.82, 2.24) is 25.9 Å². The van der Waals surface area contributed by atoms with Gasteiger partial charge in [0.1, 0.15) is 5.82 Å². The maximum atomic E-state index is 13.6. The number of nitrogens with one attached hydrogen (secondary N) is 2. The Morgan fingerprint density at radius 1 is 1.44 bits per heavy atom. The molecule has 2 unspecified atom stereocenters. The highest BCUT2D eigenvalue weighted by atomic mass is 19.1. The third-order valence-corrected chi connectivity index (χ3v) is 4.63. The fourth-order valence-corrected chi connectivity index (χ4v) is 3.28. The summed E-state index contributed by atoms with van der Waals surface area (Å²) in [4.78, 5) is 19.2. The van der Waals surface area contributed by atoms with Gasteiger partial charge in [-0.25, -0.2) is 9.82 Å². The van der Waals surface area contributed by atoms with Crippen LogP contribution in [0.3, 0.4) is 0 Å². The Labute approximate surface area is 158 Å². The molecule has 0 radical (unpaired) electrons. The lowest BCUT2D eigenvalue weighted by Crippen LogP contribution is -2.39. The Kier molecular flexibility index (Phi) is 6.18. The summed E-state index contributed by atoms with van der Waals surface area (Å²) in [5.74, 6) is 0.828. The van der Waals surface area contributed by atoms with Crippen molar-refractivity contribution >= 4 is 5.91 Å². The number of nitrogens with zero attached hydrogens (tertiary/aromatic N) is 3. The number of hydrogen-bond acceptors (Lipinski definition) is 6. The number of carbonyl (C=O) groups is 1. The number of benzene rings is 1. The van der Waals surface area contributed by atoms with Crippen LogP contribution in [0.5, 0.6) is 0 Å². The van der Waals surface area contributed by atoms with E-state index in [0.717, 1.165) is 5.56 Å². The molecule has 3 rings (SSSR count). The van der Waals surface area contributed by atoms with Crippen molar-refractivity contribution in [2.45, 2.75) is 39.8 Å². The van der Waals surface area contributed by atoms with Crippen molar-refractivity contribution in [2.24, 2.45) is 11.8 Å². The first-order valence-corrected chi connectivity index (χ1v) is 9.32. The zero-order chi connectivity index (χ0) is 19.4. The van der Waals surface area contributed by atoms with Crippen LogP contribution in [-0.4, -0.2) is 34.0 Å². The topological polar surface area (TPSA) is 83.3 Å². The van der Waals surface area contributed by atoms with Crippen molar-refractivity contribution in [3.63, 3.8) is 0 Å². The van der Waals surface area contributed by atoms with Crippen LogP contribution >= 0.6 is 0 Å². The second kappa shape index (κ2) is 8.58. The van der Waals surface area contributed by atoms with Gasteiger partial charge in [0.05, 0.1) is 18.5 Å². The van der Waals surface area contributed by atoms with Gasteiger partial charge in [0, 0.05) is 19.5 Å². The highest BCUT2D eigenvalue weighted by molar-refractivity contribution is 5.80. The second-order valence-corrected chi connectivity index (χ2v) is 7.22. The van der Waals surface area contributed by atoms with Gasteiger partial charge in [-0.2, -0.15) is 4.98 Å². The van der Waals surface area contributed by atoms with Gasteiger partial charge in [0.15, 0.2) is 5.82 Å². The van der Waals surface area contributed by atoms with Crippen LogP contribution in [0.25, 0.3) is 0 Å². The van der Waals surface area contributed by atoms with E-state index in [-0.39, 0.29) is 23.7 Å². The molecule has 1 amide bonds. The number of rotatable bonds is 7. The SMILES string of the molecule is CCN(Cc1noc(CC(C)C)n1)C(=O)C1CNNC1c1cccc(F)c1. The van der Waals surface area contributed by atoms with Crippen LogP contribution in [0.15, 0.2) is 28.8 Å². The van der Waals surface area contributed by atoms with Gasteiger partial charge in [-0.05, 0) is 30.5 Å². The monoisotopic (exact) mass is 375 g/mol. The minimum absolute atomic E-state index is 0.0283. The van der Waals surface area contributed by atoms with Crippen molar-refractivity contribution in [3.8, 4) is 0 Å². The van der Waals surface area contributed by atoms with E-state index in [9.17, 15) is 9.18 Å².